The Morgan fingerprint density at radius 2 is 2.00 bits per heavy atom. The molecule has 1 aliphatic carbocycles. The summed E-state index contributed by atoms with van der Waals surface area (Å²) in [5.74, 6) is 0.764. The number of rotatable bonds is 4. The molecule has 2 nitrogen and oxygen atoms in total. The molecule has 1 aromatic rings. The number of nitrogens with zero attached hydrogens (tertiary/aromatic N) is 2. The molecule has 1 aromatic heterocycles. The predicted octanol–water partition coefficient (Wildman–Crippen LogP) is 4.42. The van der Waals surface area contributed by atoms with Crippen LogP contribution < -0.4 is 4.90 Å². The van der Waals surface area contributed by atoms with Gasteiger partial charge in [0.1, 0.15) is 11.0 Å². The Morgan fingerprint density at radius 1 is 1.31 bits per heavy atom. The van der Waals surface area contributed by atoms with Gasteiger partial charge in [-0.2, -0.15) is 0 Å². The largest absolute Gasteiger partial charge is 0.352 e. The maximum Gasteiger partial charge on any atom is 0.150 e. The quantitative estimate of drug-likeness (QED) is 0.758. The van der Waals surface area contributed by atoms with E-state index in [1.54, 1.807) is 6.07 Å². The van der Waals surface area contributed by atoms with Gasteiger partial charge in [-0.1, -0.05) is 41.7 Å². The highest BCUT2D eigenvalue weighted by Crippen LogP contribution is 2.37. The SMILES string of the molecule is CCCN(c1nc(Cl)c(Cl)cc1Cl)C1CC1. The molecule has 0 atom stereocenters. The fourth-order valence-electron chi connectivity index (χ4n) is 1.73. The molecular formula is C11H13Cl3N2. The summed E-state index contributed by atoms with van der Waals surface area (Å²) in [5, 5.41) is 1.31. The number of halogens is 3. The van der Waals surface area contributed by atoms with Gasteiger partial charge >= 0.3 is 0 Å². The molecule has 0 bridgehead atoms. The van der Waals surface area contributed by atoms with Gasteiger partial charge in [0.2, 0.25) is 0 Å². The van der Waals surface area contributed by atoms with Crippen molar-refractivity contribution in [1.29, 1.82) is 0 Å². The molecular weight excluding hydrogens is 266 g/mol. The van der Waals surface area contributed by atoms with Crippen LogP contribution in [0.1, 0.15) is 26.2 Å². The number of hydrogen-bond donors (Lipinski definition) is 0. The Hall–Kier alpha value is -0.180. The highest BCUT2D eigenvalue weighted by atomic mass is 35.5. The normalized spacial score (nSPS) is 15.2. The number of hydrogen-bond acceptors (Lipinski definition) is 2. The van der Waals surface area contributed by atoms with E-state index in [0.29, 0.717) is 21.2 Å². The molecule has 0 spiro atoms. The molecule has 1 saturated carbocycles. The predicted molar refractivity (Wildman–Crippen MR) is 69.9 cm³/mol. The summed E-state index contributed by atoms with van der Waals surface area (Å²) in [6, 6.07) is 2.24. The lowest BCUT2D eigenvalue weighted by Crippen LogP contribution is -2.27. The molecule has 0 aromatic carbocycles. The van der Waals surface area contributed by atoms with Crippen LogP contribution in [0.2, 0.25) is 15.2 Å². The van der Waals surface area contributed by atoms with Crippen molar-refractivity contribution in [2.45, 2.75) is 32.2 Å². The van der Waals surface area contributed by atoms with E-state index in [9.17, 15) is 0 Å². The molecule has 88 valence electrons. The Bertz CT molecular complexity index is 391. The Kier molecular flexibility index (Phi) is 3.83. The van der Waals surface area contributed by atoms with E-state index in [-0.39, 0.29) is 0 Å². The van der Waals surface area contributed by atoms with Crippen LogP contribution in [0.4, 0.5) is 5.82 Å². The smallest absolute Gasteiger partial charge is 0.150 e. The first-order chi connectivity index (χ1) is 7.63. The number of anilines is 1. The van der Waals surface area contributed by atoms with Gasteiger partial charge in [-0.25, -0.2) is 4.98 Å². The van der Waals surface area contributed by atoms with Crippen molar-refractivity contribution in [3.05, 3.63) is 21.3 Å². The first kappa shape index (κ1) is 12.3. The van der Waals surface area contributed by atoms with E-state index in [4.69, 9.17) is 34.8 Å². The van der Waals surface area contributed by atoms with E-state index in [0.717, 1.165) is 18.8 Å². The van der Waals surface area contributed by atoms with Gasteiger partial charge in [-0.3, -0.25) is 0 Å². The van der Waals surface area contributed by atoms with Crippen LogP contribution in [0.3, 0.4) is 0 Å². The molecule has 0 unspecified atom stereocenters. The highest BCUT2D eigenvalue weighted by Gasteiger charge is 2.31. The molecule has 2 rings (SSSR count). The lowest BCUT2D eigenvalue weighted by molar-refractivity contribution is 0.751. The molecule has 1 heterocycles. The average molecular weight is 280 g/mol. The first-order valence-electron chi connectivity index (χ1n) is 5.41. The van der Waals surface area contributed by atoms with Crippen LogP contribution in [0.25, 0.3) is 0 Å². The zero-order chi connectivity index (χ0) is 11.7. The third-order valence-electron chi connectivity index (χ3n) is 2.59. The Balaban J connectivity index is 2.32. The fourth-order valence-corrected chi connectivity index (χ4v) is 2.33. The molecule has 0 amide bonds. The minimum absolute atomic E-state index is 0.322. The second kappa shape index (κ2) is 4.99. The fraction of sp³-hybridized carbons (Fsp3) is 0.545. The van der Waals surface area contributed by atoms with Crippen molar-refractivity contribution in [2.24, 2.45) is 0 Å². The highest BCUT2D eigenvalue weighted by molar-refractivity contribution is 6.42. The number of aromatic nitrogens is 1. The lowest BCUT2D eigenvalue weighted by Gasteiger charge is -2.24. The van der Waals surface area contributed by atoms with Crippen LogP contribution >= 0.6 is 34.8 Å². The third kappa shape index (κ3) is 2.55. The standard InChI is InChI=1S/C11H13Cl3N2/c1-2-5-16(7-3-4-7)11-9(13)6-8(12)10(14)15-11/h6-7H,2-5H2,1H3. The van der Waals surface area contributed by atoms with E-state index in [1.165, 1.54) is 12.8 Å². The Labute approximate surface area is 111 Å². The second-order valence-corrected chi connectivity index (χ2v) is 5.16. The van der Waals surface area contributed by atoms with E-state index < -0.39 is 0 Å². The van der Waals surface area contributed by atoms with E-state index in [2.05, 4.69) is 16.8 Å². The summed E-state index contributed by atoms with van der Waals surface area (Å²) in [6.07, 6.45) is 3.48. The monoisotopic (exact) mass is 278 g/mol. The summed E-state index contributed by atoms with van der Waals surface area (Å²) in [7, 11) is 0. The van der Waals surface area contributed by atoms with Gasteiger partial charge in [0.15, 0.2) is 0 Å². The second-order valence-electron chi connectivity index (χ2n) is 3.99. The van der Waals surface area contributed by atoms with E-state index in [1.807, 2.05) is 0 Å². The topological polar surface area (TPSA) is 16.1 Å². The Morgan fingerprint density at radius 3 is 2.56 bits per heavy atom. The van der Waals surface area contributed by atoms with Crippen molar-refractivity contribution < 1.29 is 0 Å². The van der Waals surface area contributed by atoms with Gasteiger partial charge in [0, 0.05) is 12.6 Å². The van der Waals surface area contributed by atoms with Crippen LogP contribution in [-0.4, -0.2) is 17.6 Å². The first-order valence-corrected chi connectivity index (χ1v) is 6.55. The summed E-state index contributed by atoms with van der Waals surface area (Å²) >= 11 is 17.9. The summed E-state index contributed by atoms with van der Waals surface area (Å²) in [4.78, 5) is 6.51. The average Bonchev–Trinajstić information content (AvgIpc) is 3.04. The summed E-state index contributed by atoms with van der Waals surface area (Å²) < 4.78 is 0. The summed E-state index contributed by atoms with van der Waals surface area (Å²) in [6.45, 7) is 3.09. The van der Waals surface area contributed by atoms with Crippen LogP contribution in [-0.2, 0) is 0 Å². The van der Waals surface area contributed by atoms with Gasteiger partial charge in [-0.05, 0) is 25.3 Å². The van der Waals surface area contributed by atoms with Crippen LogP contribution in [0.5, 0.6) is 0 Å². The molecule has 1 fully saturated rings. The minimum atomic E-state index is 0.322. The van der Waals surface area contributed by atoms with Crippen LogP contribution in [0.15, 0.2) is 6.07 Å². The van der Waals surface area contributed by atoms with Crippen molar-refractivity contribution in [2.75, 3.05) is 11.4 Å². The minimum Gasteiger partial charge on any atom is -0.352 e. The van der Waals surface area contributed by atoms with Gasteiger partial charge < -0.3 is 4.90 Å². The zero-order valence-electron chi connectivity index (χ0n) is 9.01. The van der Waals surface area contributed by atoms with Gasteiger partial charge in [-0.15, -0.1) is 0 Å². The lowest BCUT2D eigenvalue weighted by atomic mass is 10.3. The molecule has 5 heteroatoms. The maximum absolute atomic E-state index is 6.16. The van der Waals surface area contributed by atoms with Crippen molar-refractivity contribution >= 4 is 40.6 Å². The molecule has 16 heavy (non-hydrogen) atoms. The van der Waals surface area contributed by atoms with Crippen molar-refractivity contribution in [3.63, 3.8) is 0 Å². The number of pyridine rings is 1. The molecule has 0 aliphatic heterocycles. The van der Waals surface area contributed by atoms with Crippen molar-refractivity contribution in [3.8, 4) is 0 Å². The van der Waals surface area contributed by atoms with Crippen LogP contribution in [0, 0.1) is 0 Å². The van der Waals surface area contributed by atoms with Gasteiger partial charge in [0.05, 0.1) is 10.0 Å². The summed E-state index contributed by atoms with van der Waals surface area (Å²) in [5.41, 5.74) is 0. The maximum atomic E-state index is 6.16. The molecule has 0 saturated heterocycles. The van der Waals surface area contributed by atoms with E-state index >= 15 is 0 Å². The van der Waals surface area contributed by atoms with Crippen molar-refractivity contribution in [1.82, 2.24) is 4.98 Å². The molecule has 0 radical (unpaired) electrons. The molecule has 0 N–H and O–H groups in total. The molecule has 1 aliphatic rings. The van der Waals surface area contributed by atoms with Gasteiger partial charge in [0.25, 0.3) is 0 Å². The zero-order valence-corrected chi connectivity index (χ0v) is 11.3. The third-order valence-corrected chi connectivity index (χ3v) is 3.54.